The molecule has 1 unspecified atom stereocenters. The number of nitrogens with zero attached hydrogens (tertiary/aromatic N) is 1. The summed E-state index contributed by atoms with van der Waals surface area (Å²) in [5.41, 5.74) is 2.92. The highest BCUT2D eigenvalue weighted by Gasteiger charge is 2.47. The molecule has 0 saturated carbocycles. The maximum atomic E-state index is 13.6. The number of fused-ring (bicyclic) bond motifs is 1. The van der Waals surface area contributed by atoms with Crippen LogP contribution in [0.25, 0.3) is 16.5 Å². The Labute approximate surface area is 227 Å². The number of Topliss-reactive ketones (excluding diaryl/α,β-unsaturated/α-hetero) is 1. The molecule has 4 aromatic rings. The maximum absolute atomic E-state index is 13.6. The Morgan fingerprint density at radius 3 is 2.13 bits per heavy atom. The van der Waals surface area contributed by atoms with Crippen molar-refractivity contribution in [3.8, 4) is 0 Å². The Hall–Kier alpha value is -4.71. The van der Waals surface area contributed by atoms with Crippen LogP contribution in [0, 0.1) is 0 Å². The molecule has 1 aliphatic heterocycles. The highest BCUT2D eigenvalue weighted by atomic mass is 16.5. The van der Waals surface area contributed by atoms with Gasteiger partial charge in [-0.05, 0) is 51.6 Å². The van der Waals surface area contributed by atoms with Gasteiger partial charge >= 0.3 is 5.97 Å². The molecule has 6 heteroatoms. The van der Waals surface area contributed by atoms with Gasteiger partial charge in [0.25, 0.3) is 11.7 Å². The van der Waals surface area contributed by atoms with Gasteiger partial charge in [-0.2, -0.15) is 0 Å². The van der Waals surface area contributed by atoms with E-state index in [0.717, 1.165) is 16.3 Å². The molecule has 39 heavy (non-hydrogen) atoms. The zero-order chi connectivity index (χ0) is 27.9. The van der Waals surface area contributed by atoms with Crippen LogP contribution in [0.15, 0.2) is 96.6 Å². The zero-order valence-electron chi connectivity index (χ0n) is 22.3. The number of benzene rings is 4. The number of aliphatic hydroxyl groups is 1. The van der Waals surface area contributed by atoms with Gasteiger partial charge in [-0.15, -0.1) is 0 Å². The van der Waals surface area contributed by atoms with Gasteiger partial charge in [0.1, 0.15) is 5.76 Å². The fraction of sp³-hybridized carbons (Fsp3) is 0.182. The molecule has 0 bridgehead atoms. The van der Waals surface area contributed by atoms with Crippen molar-refractivity contribution in [1.29, 1.82) is 0 Å². The van der Waals surface area contributed by atoms with Gasteiger partial charge in [-0.25, -0.2) is 4.79 Å². The van der Waals surface area contributed by atoms with Crippen molar-refractivity contribution in [2.24, 2.45) is 0 Å². The minimum Gasteiger partial charge on any atom is -0.507 e. The number of anilines is 1. The number of hydrogen-bond acceptors (Lipinski definition) is 5. The van der Waals surface area contributed by atoms with Crippen molar-refractivity contribution in [2.45, 2.75) is 32.2 Å². The first-order chi connectivity index (χ1) is 18.6. The van der Waals surface area contributed by atoms with Crippen molar-refractivity contribution in [3.05, 3.63) is 119 Å². The highest BCUT2D eigenvalue weighted by Crippen LogP contribution is 2.43. The van der Waals surface area contributed by atoms with E-state index in [1.165, 1.54) is 12.0 Å². The molecule has 5 rings (SSSR count). The van der Waals surface area contributed by atoms with Crippen molar-refractivity contribution in [1.82, 2.24) is 0 Å². The van der Waals surface area contributed by atoms with Crippen molar-refractivity contribution in [3.63, 3.8) is 0 Å². The van der Waals surface area contributed by atoms with E-state index < -0.39 is 23.7 Å². The summed E-state index contributed by atoms with van der Waals surface area (Å²) in [6.45, 7) is 6.33. The van der Waals surface area contributed by atoms with Gasteiger partial charge in [-0.1, -0.05) is 87.5 Å². The monoisotopic (exact) mass is 519 g/mol. The van der Waals surface area contributed by atoms with Crippen molar-refractivity contribution < 1.29 is 24.2 Å². The number of aliphatic hydroxyl groups excluding tert-OH is 1. The molecule has 1 atom stereocenters. The van der Waals surface area contributed by atoms with Crippen LogP contribution in [-0.4, -0.2) is 29.9 Å². The number of esters is 1. The van der Waals surface area contributed by atoms with Gasteiger partial charge in [0.2, 0.25) is 0 Å². The van der Waals surface area contributed by atoms with Gasteiger partial charge in [0.15, 0.2) is 0 Å². The second-order valence-corrected chi connectivity index (χ2v) is 10.6. The van der Waals surface area contributed by atoms with E-state index in [1.54, 1.807) is 30.3 Å². The summed E-state index contributed by atoms with van der Waals surface area (Å²) < 4.78 is 4.79. The van der Waals surface area contributed by atoms with Crippen LogP contribution in [0.4, 0.5) is 5.69 Å². The number of methoxy groups -OCH3 is 1. The van der Waals surface area contributed by atoms with Gasteiger partial charge in [0, 0.05) is 11.3 Å². The zero-order valence-corrected chi connectivity index (χ0v) is 22.3. The number of amides is 1. The van der Waals surface area contributed by atoms with Gasteiger partial charge in [0.05, 0.1) is 24.3 Å². The van der Waals surface area contributed by atoms with Crippen LogP contribution >= 0.6 is 0 Å². The summed E-state index contributed by atoms with van der Waals surface area (Å²) in [5.74, 6) is -2.27. The van der Waals surface area contributed by atoms with E-state index >= 15 is 0 Å². The van der Waals surface area contributed by atoms with Gasteiger partial charge in [-0.3, -0.25) is 14.5 Å². The molecule has 0 spiro atoms. The SMILES string of the molecule is COC(=O)c1ccc(N2C(=O)C(=O)/C(=C(\O)c3cccc4ccccc34)C2c2ccc(C(C)(C)C)cc2)cc1. The van der Waals surface area contributed by atoms with E-state index in [0.29, 0.717) is 22.4 Å². The number of rotatable bonds is 4. The second-order valence-electron chi connectivity index (χ2n) is 10.6. The second kappa shape index (κ2) is 9.87. The molecule has 1 amide bonds. The average molecular weight is 520 g/mol. The number of ether oxygens (including phenoxy) is 1. The lowest BCUT2D eigenvalue weighted by Gasteiger charge is -2.27. The Morgan fingerprint density at radius 2 is 1.49 bits per heavy atom. The standard InChI is InChI=1S/C33H29NO5/c1-33(2,3)23-16-12-21(13-17-23)28-27(29(35)26-11-7-9-20-8-5-6-10-25(20)26)30(36)31(37)34(28)24-18-14-22(15-19-24)32(38)39-4/h5-19,28,35H,1-4H3/b29-27-. The Balaban J connectivity index is 1.72. The van der Waals surface area contributed by atoms with Crippen molar-refractivity contribution >= 4 is 39.9 Å². The van der Waals surface area contributed by atoms with Gasteiger partial charge < -0.3 is 9.84 Å². The molecule has 1 N–H and O–H groups in total. The highest BCUT2D eigenvalue weighted by molar-refractivity contribution is 6.51. The summed E-state index contributed by atoms with van der Waals surface area (Å²) in [4.78, 5) is 40.5. The lowest BCUT2D eigenvalue weighted by atomic mass is 9.85. The third-order valence-electron chi connectivity index (χ3n) is 7.15. The summed E-state index contributed by atoms with van der Waals surface area (Å²) >= 11 is 0. The molecular weight excluding hydrogens is 490 g/mol. The lowest BCUT2D eigenvalue weighted by molar-refractivity contribution is -0.132. The van der Waals surface area contributed by atoms with E-state index in [2.05, 4.69) is 20.8 Å². The van der Waals surface area contributed by atoms with Crippen LogP contribution in [0.5, 0.6) is 0 Å². The number of hydrogen-bond donors (Lipinski definition) is 1. The fourth-order valence-corrected chi connectivity index (χ4v) is 5.03. The summed E-state index contributed by atoms with van der Waals surface area (Å²) in [7, 11) is 1.29. The third-order valence-corrected chi connectivity index (χ3v) is 7.15. The van der Waals surface area contributed by atoms with Crippen LogP contribution < -0.4 is 4.90 Å². The number of carbonyl (C=O) groups excluding carboxylic acids is 3. The predicted octanol–water partition coefficient (Wildman–Crippen LogP) is 6.55. The summed E-state index contributed by atoms with van der Waals surface area (Å²) in [6, 6.07) is 26.2. The molecule has 196 valence electrons. The normalized spacial score (nSPS) is 17.0. The Bertz CT molecular complexity index is 1620. The largest absolute Gasteiger partial charge is 0.507 e. The molecule has 0 aliphatic carbocycles. The molecule has 0 aromatic heterocycles. The van der Waals surface area contributed by atoms with Crippen LogP contribution in [-0.2, 0) is 19.7 Å². The first kappa shape index (κ1) is 25.9. The Morgan fingerprint density at radius 1 is 0.846 bits per heavy atom. The predicted molar refractivity (Wildman–Crippen MR) is 152 cm³/mol. The molecule has 1 fully saturated rings. The van der Waals surface area contributed by atoms with Crippen LogP contribution in [0.1, 0.15) is 53.9 Å². The lowest BCUT2D eigenvalue weighted by Crippen LogP contribution is -2.29. The minimum atomic E-state index is -0.873. The Kier molecular flexibility index (Phi) is 6.56. The molecule has 0 radical (unpaired) electrons. The van der Waals surface area contributed by atoms with E-state index in [-0.39, 0.29) is 16.7 Å². The first-order valence-electron chi connectivity index (χ1n) is 12.7. The third kappa shape index (κ3) is 4.59. The molecule has 4 aromatic carbocycles. The summed E-state index contributed by atoms with van der Waals surface area (Å²) in [6.07, 6.45) is 0. The topological polar surface area (TPSA) is 83.9 Å². The minimum absolute atomic E-state index is 0.0110. The molecule has 1 aliphatic rings. The summed E-state index contributed by atoms with van der Waals surface area (Å²) in [5, 5.41) is 13.3. The van der Waals surface area contributed by atoms with Crippen LogP contribution in [0.2, 0.25) is 0 Å². The fourth-order valence-electron chi connectivity index (χ4n) is 5.03. The molecule has 1 saturated heterocycles. The number of ketones is 1. The molecule has 6 nitrogen and oxygen atoms in total. The van der Waals surface area contributed by atoms with E-state index in [4.69, 9.17) is 4.74 Å². The van der Waals surface area contributed by atoms with E-state index in [9.17, 15) is 19.5 Å². The van der Waals surface area contributed by atoms with E-state index in [1.807, 2.05) is 60.7 Å². The molecule has 1 heterocycles. The maximum Gasteiger partial charge on any atom is 0.337 e. The first-order valence-corrected chi connectivity index (χ1v) is 12.7. The van der Waals surface area contributed by atoms with Crippen molar-refractivity contribution in [2.75, 3.05) is 12.0 Å². The number of carbonyl (C=O) groups is 3. The smallest absolute Gasteiger partial charge is 0.337 e. The molecular formula is C33H29NO5. The quantitative estimate of drug-likeness (QED) is 0.143. The van der Waals surface area contributed by atoms with Crippen LogP contribution in [0.3, 0.4) is 0 Å². The average Bonchev–Trinajstić information content (AvgIpc) is 3.21.